The van der Waals surface area contributed by atoms with Gasteiger partial charge in [-0.25, -0.2) is 0 Å². The molecule has 6 heteroatoms. The molecule has 0 bridgehead atoms. The first-order chi connectivity index (χ1) is 9.22. The van der Waals surface area contributed by atoms with Crippen LogP contribution in [0, 0.1) is 0 Å². The molecule has 0 aliphatic rings. The fourth-order valence-electron chi connectivity index (χ4n) is 1.71. The lowest BCUT2D eigenvalue weighted by Crippen LogP contribution is -2.34. The number of rotatable bonds is 5. The molecule has 100 valence electrons. The zero-order valence-corrected chi connectivity index (χ0v) is 10.9. The first-order valence-electron chi connectivity index (χ1n) is 5.98. The molecular formula is C13H16N4O2. The number of carbonyl (C=O) groups is 1. The molecule has 0 radical (unpaired) electrons. The van der Waals surface area contributed by atoms with E-state index in [1.807, 2.05) is 30.3 Å². The van der Waals surface area contributed by atoms with Crippen LogP contribution in [0.2, 0.25) is 0 Å². The Morgan fingerprint density at radius 3 is 2.79 bits per heavy atom. The summed E-state index contributed by atoms with van der Waals surface area (Å²) in [5, 5.41) is 13.9. The first-order valence-corrected chi connectivity index (χ1v) is 5.98. The van der Waals surface area contributed by atoms with Gasteiger partial charge in [0.25, 0.3) is 0 Å². The van der Waals surface area contributed by atoms with Gasteiger partial charge in [-0.2, -0.15) is 15.4 Å². The number of benzene rings is 1. The third-order valence-electron chi connectivity index (χ3n) is 2.80. The molecule has 1 aromatic carbocycles. The van der Waals surface area contributed by atoms with E-state index in [2.05, 4.69) is 25.5 Å². The van der Waals surface area contributed by atoms with Crippen LogP contribution >= 0.6 is 0 Å². The Bertz CT molecular complexity index is 539. The second-order valence-electron chi connectivity index (χ2n) is 4.11. The molecule has 0 aliphatic heterocycles. The minimum atomic E-state index is -0.384. The van der Waals surface area contributed by atoms with Crippen molar-refractivity contribution in [3.05, 3.63) is 36.0 Å². The van der Waals surface area contributed by atoms with Crippen molar-refractivity contribution in [1.29, 1.82) is 0 Å². The summed E-state index contributed by atoms with van der Waals surface area (Å²) in [5.74, 6) is -0.301. The number of hydrogen-bond acceptors (Lipinski definition) is 5. The van der Waals surface area contributed by atoms with Gasteiger partial charge in [0, 0.05) is 12.1 Å². The van der Waals surface area contributed by atoms with Gasteiger partial charge in [-0.1, -0.05) is 30.3 Å². The number of nitrogens with zero attached hydrogens (tertiary/aromatic N) is 2. The molecule has 2 rings (SSSR count). The molecule has 0 saturated heterocycles. The number of ether oxygens (including phenoxy) is 1. The third kappa shape index (κ3) is 3.17. The lowest BCUT2D eigenvalue weighted by molar-refractivity contribution is -0.142. The predicted octanol–water partition coefficient (Wildman–Crippen LogP) is 1.12. The fourth-order valence-corrected chi connectivity index (χ4v) is 1.71. The van der Waals surface area contributed by atoms with E-state index in [-0.39, 0.29) is 12.0 Å². The summed E-state index contributed by atoms with van der Waals surface area (Å²) < 4.78 is 4.65. The zero-order chi connectivity index (χ0) is 13.7. The van der Waals surface area contributed by atoms with Gasteiger partial charge in [-0.3, -0.25) is 10.1 Å². The Balaban J connectivity index is 2.07. The van der Waals surface area contributed by atoms with Gasteiger partial charge in [0.15, 0.2) is 0 Å². The average molecular weight is 260 g/mol. The zero-order valence-electron chi connectivity index (χ0n) is 10.9. The number of aromatic amines is 1. The van der Waals surface area contributed by atoms with E-state index < -0.39 is 0 Å². The Morgan fingerprint density at radius 2 is 2.11 bits per heavy atom. The van der Waals surface area contributed by atoms with Crippen molar-refractivity contribution in [3.8, 4) is 11.3 Å². The van der Waals surface area contributed by atoms with Crippen LogP contribution in [0.5, 0.6) is 0 Å². The van der Waals surface area contributed by atoms with Gasteiger partial charge in [-0.05, 0) is 6.92 Å². The van der Waals surface area contributed by atoms with Crippen molar-refractivity contribution in [2.24, 2.45) is 0 Å². The van der Waals surface area contributed by atoms with Crippen LogP contribution in [0.4, 0.5) is 0 Å². The van der Waals surface area contributed by atoms with Crippen LogP contribution in [0.3, 0.4) is 0 Å². The number of esters is 1. The van der Waals surface area contributed by atoms with Crippen LogP contribution in [0.1, 0.15) is 12.6 Å². The van der Waals surface area contributed by atoms with Crippen LogP contribution in [-0.2, 0) is 16.1 Å². The molecular weight excluding hydrogens is 244 g/mol. The first kappa shape index (κ1) is 13.2. The van der Waals surface area contributed by atoms with Crippen LogP contribution < -0.4 is 5.32 Å². The van der Waals surface area contributed by atoms with Crippen molar-refractivity contribution in [1.82, 2.24) is 20.7 Å². The summed E-state index contributed by atoms with van der Waals surface area (Å²) in [6, 6.07) is 9.37. The number of H-pyrrole nitrogens is 1. The summed E-state index contributed by atoms with van der Waals surface area (Å²) in [6.07, 6.45) is 0. The maximum Gasteiger partial charge on any atom is 0.322 e. The summed E-state index contributed by atoms with van der Waals surface area (Å²) in [5.41, 5.74) is 2.53. The number of nitrogens with one attached hydrogen (secondary N) is 2. The van der Waals surface area contributed by atoms with Gasteiger partial charge in [0.05, 0.1) is 7.11 Å². The molecule has 0 spiro atoms. The topological polar surface area (TPSA) is 79.9 Å². The Hall–Kier alpha value is -2.21. The molecule has 1 heterocycles. The van der Waals surface area contributed by atoms with Crippen molar-refractivity contribution < 1.29 is 9.53 Å². The maximum absolute atomic E-state index is 11.3. The second kappa shape index (κ2) is 6.10. The molecule has 1 aromatic heterocycles. The van der Waals surface area contributed by atoms with E-state index in [0.29, 0.717) is 6.54 Å². The second-order valence-corrected chi connectivity index (χ2v) is 4.11. The molecule has 0 unspecified atom stereocenters. The monoisotopic (exact) mass is 260 g/mol. The number of hydrogen-bond donors (Lipinski definition) is 2. The van der Waals surface area contributed by atoms with Crippen molar-refractivity contribution in [2.75, 3.05) is 7.11 Å². The molecule has 0 amide bonds. The normalized spacial score (nSPS) is 12.1. The van der Waals surface area contributed by atoms with E-state index in [9.17, 15) is 4.79 Å². The highest BCUT2D eigenvalue weighted by molar-refractivity contribution is 5.75. The van der Waals surface area contributed by atoms with Gasteiger partial charge >= 0.3 is 5.97 Å². The Labute approximate surface area is 111 Å². The van der Waals surface area contributed by atoms with E-state index in [1.54, 1.807) is 6.92 Å². The lowest BCUT2D eigenvalue weighted by atomic mass is 10.1. The van der Waals surface area contributed by atoms with Gasteiger partial charge in [-0.15, -0.1) is 0 Å². The fraction of sp³-hybridized carbons (Fsp3) is 0.308. The number of methoxy groups -OCH3 is 1. The molecule has 0 saturated carbocycles. The van der Waals surface area contributed by atoms with E-state index in [4.69, 9.17) is 0 Å². The molecule has 2 aromatic rings. The highest BCUT2D eigenvalue weighted by atomic mass is 16.5. The summed E-state index contributed by atoms with van der Waals surface area (Å²) in [4.78, 5) is 11.3. The standard InChI is InChI=1S/C13H16N4O2/c1-9(13(18)19-2)14-8-11-12(16-17-15-11)10-6-4-3-5-7-10/h3-7,9,14H,8H2,1-2H3,(H,15,16,17)/t9-/m0/s1. The predicted molar refractivity (Wildman–Crippen MR) is 70.1 cm³/mol. The molecule has 6 nitrogen and oxygen atoms in total. The molecule has 1 atom stereocenters. The lowest BCUT2D eigenvalue weighted by Gasteiger charge is -2.10. The van der Waals surface area contributed by atoms with Crippen LogP contribution in [-0.4, -0.2) is 34.5 Å². The van der Waals surface area contributed by atoms with Crippen LogP contribution in [0.15, 0.2) is 30.3 Å². The number of carbonyl (C=O) groups excluding carboxylic acids is 1. The molecule has 2 N–H and O–H groups in total. The van der Waals surface area contributed by atoms with E-state index in [1.165, 1.54) is 7.11 Å². The minimum absolute atomic E-state index is 0.301. The maximum atomic E-state index is 11.3. The number of aromatic nitrogens is 3. The quantitative estimate of drug-likeness (QED) is 0.788. The van der Waals surface area contributed by atoms with Crippen molar-refractivity contribution >= 4 is 5.97 Å². The summed E-state index contributed by atoms with van der Waals surface area (Å²) in [7, 11) is 1.37. The average Bonchev–Trinajstić information content (AvgIpc) is 2.93. The Morgan fingerprint density at radius 1 is 1.37 bits per heavy atom. The Kier molecular flexibility index (Phi) is 4.25. The van der Waals surface area contributed by atoms with Gasteiger partial charge in [0.2, 0.25) is 0 Å². The van der Waals surface area contributed by atoms with E-state index in [0.717, 1.165) is 17.0 Å². The molecule has 0 fully saturated rings. The van der Waals surface area contributed by atoms with Crippen LogP contribution in [0.25, 0.3) is 11.3 Å². The van der Waals surface area contributed by atoms with Crippen molar-refractivity contribution in [3.63, 3.8) is 0 Å². The summed E-state index contributed by atoms with van der Waals surface area (Å²) >= 11 is 0. The highest BCUT2D eigenvalue weighted by Crippen LogP contribution is 2.18. The smallest absolute Gasteiger partial charge is 0.322 e. The molecule has 0 aliphatic carbocycles. The summed E-state index contributed by atoms with van der Waals surface area (Å²) in [6.45, 7) is 2.19. The largest absolute Gasteiger partial charge is 0.468 e. The van der Waals surface area contributed by atoms with Gasteiger partial charge < -0.3 is 4.74 Å². The SMILES string of the molecule is COC(=O)[C@H](C)NCc1n[nH]nc1-c1ccccc1. The van der Waals surface area contributed by atoms with Crippen molar-refractivity contribution in [2.45, 2.75) is 19.5 Å². The van der Waals surface area contributed by atoms with E-state index >= 15 is 0 Å². The minimum Gasteiger partial charge on any atom is -0.468 e. The molecule has 19 heavy (non-hydrogen) atoms. The van der Waals surface area contributed by atoms with Gasteiger partial charge in [0.1, 0.15) is 17.4 Å². The third-order valence-corrected chi connectivity index (χ3v) is 2.80. The highest BCUT2D eigenvalue weighted by Gasteiger charge is 2.15.